The quantitative estimate of drug-likeness (QED) is 0.486. The van der Waals surface area contributed by atoms with Crippen LogP contribution in [-0.2, 0) is 21.2 Å². The van der Waals surface area contributed by atoms with Crippen LogP contribution >= 0.6 is 11.6 Å². The Balaban J connectivity index is 0.00000117. The number of carbonyl (C=O) groups is 1. The lowest BCUT2D eigenvalue weighted by Crippen LogP contribution is -2.53. The molecule has 0 aliphatic carbocycles. The molecule has 8 heteroatoms. The number of esters is 1. The van der Waals surface area contributed by atoms with Crippen molar-refractivity contribution in [2.45, 2.75) is 51.0 Å². The van der Waals surface area contributed by atoms with E-state index in [2.05, 4.69) is 0 Å². The van der Waals surface area contributed by atoms with Crippen molar-refractivity contribution in [3.63, 3.8) is 0 Å². The van der Waals surface area contributed by atoms with Crippen molar-refractivity contribution < 1.29 is 22.3 Å². The summed E-state index contributed by atoms with van der Waals surface area (Å²) in [4.78, 5) is 12.8. The zero-order valence-corrected chi connectivity index (χ0v) is 18.3. The Hall–Kier alpha value is -1.96. The smallest absolute Gasteiger partial charge is 0.330 e. The summed E-state index contributed by atoms with van der Waals surface area (Å²) in [5.74, 6) is -1.69. The summed E-state index contributed by atoms with van der Waals surface area (Å²) in [6, 6.07) is 6.28. The van der Waals surface area contributed by atoms with E-state index < -0.39 is 33.8 Å². The number of nitrogens with zero attached hydrogens (tertiary/aromatic N) is 1. The maximum Gasteiger partial charge on any atom is 0.330 e. The molecule has 0 fully saturated rings. The molecule has 0 saturated heterocycles. The van der Waals surface area contributed by atoms with E-state index in [4.69, 9.17) is 16.3 Å². The molecule has 2 heterocycles. The maximum absolute atomic E-state index is 14.5. The van der Waals surface area contributed by atoms with Gasteiger partial charge < -0.3 is 4.74 Å². The van der Waals surface area contributed by atoms with Crippen molar-refractivity contribution in [1.29, 1.82) is 0 Å². The summed E-state index contributed by atoms with van der Waals surface area (Å²) >= 11 is 5.97. The van der Waals surface area contributed by atoms with Crippen molar-refractivity contribution in [3.8, 4) is 5.75 Å². The molecule has 2 unspecified atom stereocenters. The molecule has 156 valence electrons. The number of carbonyl (C=O) groups excluding carboxylic acids is 1. The SMILES string of the molecule is CC.Cc1ccc(F)c2c1OC(=O)C(N1CCc3cc(Cl)ccc3S1(=O)=O)C2C. The van der Waals surface area contributed by atoms with E-state index in [0.29, 0.717) is 22.6 Å². The minimum Gasteiger partial charge on any atom is -0.425 e. The largest absolute Gasteiger partial charge is 0.425 e. The highest BCUT2D eigenvalue weighted by atomic mass is 35.5. The van der Waals surface area contributed by atoms with Crippen LogP contribution in [0.3, 0.4) is 0 Å². The highest BCUT2D eigenvalue weighted by Gasteiger charge is 2.47. The number of aryl methyl sites for hydroxylation is 1. The Labute approximate surface area is 175 Å². The molecule has 2 atom stereocenters. The van der Waals surface area contributed by atoms with Crippen LogP contribution in [0.1, 0.15) is 43.4 Å². The number of sulfonamides is 1. The average Bonchev–Trinajstić information content (AvgIpc) is 2.67. The number of rotatable bonds is 1. The summed E-state index contributed by atoms with van der Waals surface area (Å²) in [6.45, 7) is 7.47. The van der Waals surface area contributed by atoms with Crippen molar-refractivity contribution in [2.75, 3.05) is 6.54 Å². The van der Waals surface area contributed by atoms with Gasteiger partial charge in [-0.15, -0.1) is 0 Å². The fraction of sp³-hybridized carbons (Fsp3) is 0.381. The van der Waals surface area contributed by atoms with Crippen LogP contribution in [0.25, 0.3) is 0 Å². The van der Waals surface area contributed by atoms with Gasteiger partial charge in [-0.3, -0.25) is 0 Å². The molecule has 2 aromatic carbocycles. The molecular weight excluding hydrogens is 417 g/mol. The van der Waals surface area contributed by atoms with Crippen molar-refractivity contribution >= 4 is 27.6 Å². The second-order valence-electron chi connectivity index (χ2n) is 6.88. The van der Waals surface area contributed by atoms with Gasteiger partial charge in [0.05, 0.1) is 4.90 Å². The summed E-state index contributed by atoms with van der Waals surface area (Å²) < 4.78 is 47.3. The van der Waals surface area contributed by atoms with E-state index in [1.807, 2.05) is 13.8 Å². The monoisotopic (exact) mass is 439 g/mol. The van der Waals surface area contributed by atoms with E-state index in [1.54, 1.807) is 19.9 Å². The third-order valence-corrected chi connectivity index (χ3v) is 7.45. The molecular formula is C21H23ClFNO4S. The number of hydrogen-bond acceptors (Lipinski definition) is 4. The predicted molar refractivity (Wildman–Crippen MR) is 109 cm³/mol. The molecule has 0 radical (unpaired) electrons. The first-order valence-corrected chi connectivity index (χ1v) is 11.3. The Kier molecular flexibility index (Phi) is 6.03. The van der Waals surface area contributed by atoms with Gasteiger partial charge in [0.2, 0.25) is 10.0 Å². The topological polar surface area (TPSA) is 63.7 Å². The van der Waals surface area contributed by atoms with E-state index in [9.17, 15) is 17.6 Å². The number of hydrogen-bond donors (Lipinski definition) is 0. The lowest BCUT2D eigenvalue weighted by atomic mass is 9.88. The molecule has 0 aromatic heterocycles. The van der Waals surface area contributed by atoms with Crippen LogP contribution in [0.5, 0.6) is 5.75 Å². The van der Waals surface area contributed by atoms with Crippen molar-refractivity contribution in [2.24, 2.45) is 0 Å². The molecule has 2 aromatic rings. The first-order valence-electron chi connectivity index (χ1n) is 9.53. The fourth-order valence-corrected chi connectivity index (χ4v) is 5.97. The Morgan fingerprint density at radius 3 is 2.59 bits per heavy atom. The standard InChI is InChI=1S/C19H17ClFNO4S.C2H6/c1-10-3-5-14(21)16-11(2)17(19(23)26-18(10)16)22-8-7-12-9-13(20)4-6-15(12)27(22,24)25;1-2/h3-6,9,11,17H,7-8H2,1-2H3;1-2H3. The van der Waals surface area contributed by atoms with Crippen molar-refractivity contribution in [1.82, 2.24) is 4.31 Å². The van der Waals surface area contributed by atoms with Gasteiger partial charge in [-0.2, -0.15) is 4.31 Å². The molecule has 2 aliphatic heterocycles. The van der Waals surface area contributed by atoms with Gasteiger partial charge in [0.15, 0.2) is 0 Å². The average molecular weight is 440 g/mol. The highest BCUT2D eigenvalue weighted by Crippen LogP contribution is 2.42. The summed E-state index contributed by atoms with van der Waals surface area (Å²) in [7, 11) is -3.94. The maximum atomic E-state index is 14.5. The van der Waals surface area contributed by atoms with E-state index in [0.717, 1.165) is 4.31 Å². The molecule has 0 spiro atoms. The van der Waals surface area contributed by atoms with Crippen LogP contribution in [0.4, 0.5) is 4.39 Å². The summed E-state index contributed by atoms with van der Waals surface area (Å²) in [5.41, 5.74) is 1.47. The minimum atomic E-state index is -3.94. The first-order chi connectivity index (χ1) is 13.7. The molecule has 0 amide bonds. The van der Waals surface area contributed by atoms with Gasteiger partial charge in [0, 0.05) is 23.0 Å². The molecule has 0 saturated carbocycles. The molecule has 4 rings (SSSR count). The van der Waals surface area contributed by atoms with Crippen LogP contribution in [-0.4, -0.2) is 31.3 Å². The van der Waals surface area contributed by atoms with Gasteiger partial charge in [-0.1, -0.05) is 38.4 Å². The van der Waals surface area contributed by atoms with Gasteiger partial charge in [-0.25, -0.2) is 17.6 Å². The third-order valence-electron chi connectivity index (χ3n) is 5.23. The second-order valence-corrected chi connectivity index (χ2v) is 9.17. The van der Waals surface area contributed by atoms with Gasteiger partial charge in [0.1, 0.15) is 17.6 Å². The number of benzene rings is 2. The number of halogens is 2. The van der Waals surface area contributed by atoms with E-state index >= 15 is 0 Å². The van der Waals surface area contributed by atoms with Crippen LogP contribution in [0.15, 0.2) is 35.2 Å². The molecule has 0 N–H and O–H groups in total. The van der Waals surface area contributed by atoms with Crippen LogP contribution < -0.4 is 4.74 Å². The Morgan fingerprint density at radius 1 is 1.21 bits per heavy atom. The van der Waals surface area contributed by atoms with Gasteiger partial charge in [-0.05, 0) is 48.7 Å². The molecule has 2 aliphatic rings. The first kappa shape index (κ1) is 21.7. The Morgan fingerprint density at radius 2 is 1.90 bits per heavy atom. The second kappa shape index (κ2) is 8.05. The highest BCUT2D eigenvalue weighted by molar-refractivity contribution is 7.89. The van der Waals surface area contributed by atoms with Crippen LogP contribution in [0, 0.1) is 12.7 Å². The zero-order valence-electron chi connectivity index (χ0n) is 16.7. The van der Waals surface area contributed by atoms with E-state index in [1.165, 1.54) is 24.3 Å². The number of fused-ring (bicyclic) bond motifs is 2. The minimum absolute atomic E-state index is 0.0998. The summed E-state index contributed by atoms with van der Waals surface area (Å²) in [5, 5.41) is 0.453. The fourth-order valence-electron chi connectivity index (χ4n) is 3.89. The third kappa shape index (κ3) is 3.56. The summed E-state index contributed by atoms with van der Waals surface area (Å²) in [6.07, 6.45) is 0.411. The normalized spacial score (nSPS) is 22.6. The Bertz CT molecular complexity index is 1070. The van der Waals surface area contributed by atoms with Crippen molar-refractivity contribution in [3.05, 3.63) is 57.9 Å². The van der Waals surface area contributed by atoms with Gasteiger partial charge in [0.25, 0.3) is 0 Å². The molecule has 29 heavy (non-hydrogen) atoms. The predicted octanol–water partition coefficient (Wildman–Crippen LogP) is 4.45. The number of ether oxygens (including phenoxy) is 1. The molecule has 0 bridgehead atoms. The lowest BCUT2D eigenvalue weighted by molar-refractivity contribution is -0.141. The molecule has 5 nitrogen and oxygen atoms in total. The van der Waals surface area contributed by atoms with Crippen LogP contribution in [0.2, 0.25) is 5.02 Å². The lowest BCUT2D eigenvalue weighted by Gasteiger charge is -2.39. The van der Waals surface area contributed by atoms with E-state index in [-0.39, 0.29) is 22.8 Å². The zero-order chi connectivity index (χ0) is 21.5. The van der Waals surface area contributed by atoms with Gasteiger partial charge >= 0.3 is 5.97 Å².